The number of halogens is 1. The number of rotatable bonds is 4. The zero-order valence-electron chi connectivity index (χ0n) is 14.0. The lowest BCUT2D eigenvalue weighted by Gasteiger charge is -2.37. The van der Waals surface area contributed by atoms with Crippen molar-refractivity contribution in [3.05, 3.63) is 56.8 Å². The summed E-state index contributed by atoms with van der Waals surface area (Å²) in [6, 6.07) is 5.54. The number of nitro groups is 1. The van der Waals surface area contributed by atoms with Gasteiger partial charge in [0, 0.05) is 50.0 Å². The number of piperidine rings is 1. The van der Waals surface area contributed by atoms with Gasteiger partial charge >= 0.3 is 5.97 Å². The molecule has 2 atom stereocenters. The van der Waals surface area contributed by atoms with Crippen molar-refractivity contribution in [2.45, 2.75) is 31.9 Å². The molecular weight excluding hydrogens is 404 g/mol. The monoisotopic (exact) mass is 420 g/mol. The standard InChI is InChI=1S/C17H17BrN4O4/c1-11-8-15(6-7-21(11)17-19-9-13(18)10-20-17)26-16(23)12-2-4-14(5-3-12)22(24)25/h2-5,9-11,15H,6-8H2,1H3/t11-,15+/m1/s1. The number of nitrogens with zero attached hydrogens (tertiary/aromatic N) is 4. The fourth-order valence-corrected chi connectivity index (χ4v) is 3.13. The van der Waals surface area contributed by atoms with Crippen LogP contribution in [0.5, 0.6) is 0 Å². The molecule has 8 nitrogen and oxygen atoms in total. The maximum Gasteiger partial charge on any atom is 0.338 e. The minimum absolute atomic E-state index is 0.0574. The highest BCUT2D eigenvalue weighted by Crippen LogP contribution is 2.25. The average Bonchev–Trinajstić information content (AvgIpc) is 2.63. The minimum Gasteiger partial charge on any atom is -0.459 e. The number of carbonyl (C=O) groups excluding carboxylic acids is 1. The molecule has 0 unspecified atom stereocenters. The van der Waals surface area contributed by atoms with Crippen molar-refractivity contribution in [1.29, 1.82) is 0 Å². The Bertz CT molecular complexity index is 797. The van der Waals surface area contributed by atoms with Crippen molar-refractivity contribution in [2.75, 3.05) is 11.4 Å². The van der Waals surface area contributed by atoms with E-state index in [4.69, 9.17) is 4.74 Å². The fourth-order valence-electron chi connectivity index (χ4n) is 2.93. The van der Waals surface area contributed by atoms with Crippen LogP contribution in [-0.4, -0.2) is 39.6 Å². The summed E-state index contributed by atoms with van der Waals surface area (Å²) in [5.74, 6) is 0.186. The van der Waals surface area contributed by atoms with E-state index in [1.165, 1.54) is 24.3 Å². The molecule has 1 aromatic carbocycles. The third-order valence-electron chi connectivity index (χ3n) is 4.28. The molecule has 2 heterocycles. The van der Waals surface area contributed by atoms with Gasteiger partial charge in [-0.3, -0.25) is 10.1 Å². The quantitative estimate of drug-likeness (QED) is 0.424. The lowest BCUT2D eigenvalue weighted by Crippen LogP contribution is -2.44. The predicted octanol–water partition coefficient (Wildman–Crippen LogP) is 3.36. The number of hydrogen-bond acceptors (Lipinski definition) is 7. The van der Waals surface area contributed by atoms with Crippen LogP contribution in [0.3, 0.4) is 0 Å². The highest BCUT2D eigenvalue weighted by atomic mass is 79.9. The fraction of sp³-hybridized carbons (Fsp3) is 0.353. The van der Waals surface area contributed by atoms with Gasteiger partial charge in [-0.05, 0) is 35.0 Å². The second-order valence-electron chi connectivity index (χ2n) is 6.10. The highest BCUT2D eigenvalue weighted by Gasteiger charge is 2.29. The van der Waals surface area contributed by atoms with Gasteiger partial charge in [-0.15, -0.1) is 0 Å². The van der Waals surface area contributed by atoms with E-state index >= 15 is 0 Å². The van der Waals surface area contributed by atoms with Crippen LogP contribution in [0.4, 0.5) is 11.6 Å². The van der Waals surface area contributed by atoms with Crippen LogP contribution in [0.25, 0.3) is 0 Å². The number of anilines is 1. The average molecular weight is 421 g/mol. The molecule has 0 bridgehead atoms. The third kappa shape index (κ3) is 4.16. The van der Waals surface area contributed by atoms with Gasteiger partial charge in [0.05, 0.1) is 15.0 Å². The van der Waals surface area contributed by atoms with Crippen LogP contribution in [0, 0.1) is 10.1 Å². The molecule has 0 spiro atoms. The Kier molecular flexibility index (Phi) is 5.46. The summed E-state index contributed by atoms with van der Waals surface area (Å²) in [6.07, 6.45) is 4.53. The molecule has 0 N–H and O–H groups in total. The smallest absolute Gasteiger partial charge is 0.338 e. The number of nitro benzene ring substituents is 1. The molecule has 3 rings (SSSR count). The molecule has 1 saturated heterocycles. The van der Waals surface area contributed by atoms with Crippen LogP contribution in [-0.2, 0) is 4.74 Å². The van der Waals surface area contributed by atoms with E-state index in [1.807, 2.05) is 6.92 Å². The van der Waals surface area contributed by atoms with Gasteiger partial charge in [-0.25, -0.2) is 14.8 Å². The Morgan fingerprint density at radius 1 is 1.31 bits per heavy atom. The molecule has 136 valence electrons. The number of hydrogen-bond donors (Lipinski definition) is 0. The molecule has 9 heteroatoms. The first-order valence-corrected chi connectivity index (χ1v) is 8.93. The van der Waals surface area contributed by atoms with Gasteiger partial charge < -0.3 is 9.64 Å². The first-order valence-electron chi connectivity index (χ1n) is 8.13. The molecule has 0 amide bonds. The van der Waals surface area contributed by atoms with E-state index in [2.05, 4.69) is 30.8 Å². The van der Waals surface area contributed by atoms with Crippen molar-refractivity contribution in [2.24, 2.45) is 0 Å². The van der Waals surface area contributed by atoms with Gasteiger partial charge in [0.1, 0.15) is 6.10 Å². The maximum atomic E-state index is 12.3. The maximum absolute atomic E-state index is 12.3. The number of aromatic nitrogens is 2. The number of benzene rings is 1. The second kappa shape index (κ2) is 7.77. The zero-order valence-corrected chi connectivity index (χ0v) is 15.6. The number of carbonyl (C=O) groups is 1. The van der Waals surface area contributed by atoms with Gasteiger partial charge in [0.2, 0.25) is 5.95 Å². The number of non-ortho nitro benzene ring substituents is 1. The Morgan fingerprint density at radius 3 is 2.54 bits per heavy atom. The first kappa shape index (κ1) is 18.2. The van der Waals surface area contributed by atoms with E-state index < -0.39 is 10.9 Å². The summed E-state index contributed by atoms with van der Waals surface area (Å²) in [6.45, 7) is 2.72. The first-order chi connectivity index (χ1) is 12.4. The normalized spacial score (nSPS) is 19.8. The molecule has 0 radical (unpaired) electrons. The predicted molar refractivity (Wildman–Crippen MR) is 98.1 cm³/mol. The molecule has 0 saturated carbocycles. The van der Waals surface area contributed by atoms with Crippen molar-refractivity contribution in [3.63, 3.8) is 0 Å². The van der Waals surface area contributed by atoms with Crippen LogP contribution in [0.2, 0.25) is 0 Å². The second-order valence-corrected chi connectivity index (χ2v) is 7.02. The summed E-state index contributed by atoms with van der Waals surface area (Å²) in [5.41, 5.74) is 0.250. The van der Waals surface area contributed by atoms with Gasteiger partial charge in [-0.2, -0.15) is 0 Å². The Balaban J connectivity index is 1.59. The molecule has 0 aliphatic carbocycles. The third-order valence-corrected chi connectivity index (χ3v) is 4.69. The molecule has 2 aromatic rings. The van der Waals surface area contributed by atoms with Gasteiger partial charge in [0.15, 0.2) is 0 Å². The zero-order chi connectivity index (χ0) is 18.7. The summed E-state index contributed by atoms with van der Waals surface area (Å²) in [5, 5.41) is 10.7. The van der Waals surface area contributed by atoms with Crippen molar-refractivity contribution in [1.82, 2.24) is 9.97 Å². The SMILES string of the molecule is C[C@@H]1C[C@@H](OC(=O)c2ccc([N+](=O)[O-])cc2)CCN1c1ncc(Br)cn1. The van der Waals surface area contributed by atoms with Gasteiger partial charge in [0.25, 0.3) is 5.69 Å². The van der Waals surface area contributed by atoms with Crippen LogP contribution >= 0.6 is 15.9 Å². The molecule has 1 aromatic heterocycles. The molecule has 1 aliphatic rings. The van der Waals surface area contributed by atoms with Crippen molar-refractivity contribution in [3.8, 4) is 0 Å². The van der Waals surface area contributed by atoms with Gasteiger partial charge in [-0.1, -0.05) is 0 Å². The van der Waals surface area contributed by atoms with Crippen LogP contribution < -0.4 is 4.90 Å². The van der Waals surface area contributed by atoms with E-state index in [1.54, 1.807) is 12.4 Å². The van der Waals surface area contributed by atoms with E-state index in [-0.39, 0.29) is 17.8 Å². The molecule has 26 heavy (non-hydrogen) atoms. The minimum atomic E-state index is -0.503. The summed E-state index contributed by atoms with van der Waals surface area (Å²) >= 11 is 3.32. The van der Waals surface area contributed by atoms with E-state index in [9.17, 15) is 14.9 Å². The Labute approximate surface area is 158 Å². The van der Waals surface area contributed by atoms with Crippen molar-refractivity contribution < 1.29 is 14.5 Å². The Hall–Kier alpha value is -2.55. The molecule has 1 fully saturated rings. The van der Waals surface area contributed by atoms with E-state index in [0.29, 0.717) is 30.9 Å². The largest absolute Gasteiger partial charge is 0.459 e. The van der Waals surface area contributed by atoms with Crippen molar-refractivity contribution >= 4 is 33.5 Å². The number of esters is 1. The van der Waals surface area contributed by atoms with Crippen LogP contribution in [0.15, 0.2) is 41.1 Å². The highest BCUT2D eigenvalue weighted by molar-refractivity contribution is 9.10. The number of ether oxygens (including phenoxy) is 1. The van der Waals surface area contributed by atoms with E-state index in [0.717, 1.165) is 4.47 Å². The topological polar surface area (TPSA) is 98.5 Å². The molecule has 1 aliphatic heterocycles. The summed E-state index contributed by atoms with van der Waals surface area (Å²) in [7, 11) is 0. The summed E-state index contributed by atoms with van der Waals surface area (Å²) < 4.78 is 6.39. The molecular formula is C17H17BrN4O4. The lowest BCUT2D eigenvalue weighted by atomic mass is 10.0. The Morgan fingerprint density at radius 2 is 1.96 bits per heavy atom. The van der Waals surface area contributed by atoms with Crippen LogP contribution in [0.1, 0.15) is 30.1 Å². The lowest BCUT2D eigenvalue weighted by molar-refractivity contribution is -0.384. The summed E-state index contributed by atoms with van der Waals surface area (Å²) in [4.78, 5) is 33.1.